The standard InChI is InChI=1S/C19H23N3O2/c1-13(2)14-7-9-15(10-8-14)18(23)22-17-6-4-3-5-16(17)19(24)21-12-11-20/h3-10,13H,11-12,20H2,1-2H3,(H,21,24)(H,22,23). The highest BCUT2D eigenvalue weighted by Crippen LogP contribution is 2.18. The van der Waals surface area contributed by atoms with Gasteiger partial charge in [0, 0.05) is 18.7 Å². The van der Waals surface area contributed by atoms with Gasteiger partial charge in [-0.1, -0.05) is 38.1 Å². The van der Waals surface area contributed by atoms with Gasteiger partial charge in [0.25, 0.3) is 11.8 Å². The minimum atomic E-state index is -0.258. The molecule has 2 amide bonds. The Labute approximate surface area is 142 Å². The number of hydrogen-bond acceptors (Lipinski definition) is 3. The van der Waals surface area contributed by atoms with E-state index < -0.39 is 0 Å². The summed E-state index contributed by atoms with van der Waals surface area (Å²) >= 11 is 0. The Morgan fingerprint density at radius 3 is 2.29 bits per heavy atom. The van der Waals surface area contributed by atoms with Crippen molar-refractivity contribution in [3.05, 3.63) is 65.2 Å². The summed E-state index contributed by atoms with van der Waals surface area (Å²) in [4.78, 5) is 24.6. The summed E-state index contributed by atoms with van der Waals surface area (Å²) in [6, 6.07) is 14.4. The van der Waals surface area contributed by atoms with E-state index in [1.165, 1.54) is 5.56 Å². The van der Waals surface area contributed by atoms with Crippen molar-refractivity contribution in [3.8, 4) is 0 Å². The van der Waals surface area contributed by atoms with Gasteiger partial charge in [0.1, 0.15) is 0 Å². The van der Waals surface area contributed by atoms with E-state index in [0.29, 0.717) is 35.8 Å². The maximum Gasteiger partial charge on any atom is 0.255 e. The van der Waals surface area contributed by atoms with Crippen LogP contribution in [0.3, 0.4) is 0 Å². The number of rotatable bonds is 6. The summed E-state index contributed by atoms with van der Waals surface area (Å²) in [5.74, 6) is -0.0926. The zero-order valence-electron chi connectivity index (χ0n) is 14.0. The lowest BCUT2D eigenvalue weighted by atomic mass is 10.0. The fourth-order valence-corrected chi connectivity index (χ4v) is 2.28. The fraction of sp³-hybridized carbons (Fsp3) is 0.263. The zero-order chi connectivity index (χ0) is 17.5. The highest BCUT2D eigenvalue weighted by Gasteiger charge is 2.13. The van der Waals surface area contributed by atoms with Crippen LogP contribution in [-0.4, -0.2) is 24.9 Å². The van der Waals surface area contributed by atoms with Crippen molar-refractivity contribution >= 4 is 17.5 Å². The Hall–Kier alpha value is -2.66. The summed E-state index contributed by atoms with van der Waals surface area (Å²) in [5, 5.41) is 5.51. The number of carbonyl (C=O) groups is 2. The SMILES string of the molecule is CC(C)c1ccc(C(=O)Nc2ccccc2C(=O)NCCN)cc1. The summed E-state index contributed by atoms with van der Waals surface area (Å²) in [7, 11) is 0. The first-order valence-electron chi connectivity index (χ1n) is 8.01. The molecule has 0 radical (unpaired) electrons. The molecule has 0 saturated heterocycles. The van der Waals surface area contributed by atoms with Gasteiger partial charge in [-0.15, -0.1) is 0 Å². The molecule has 0 atom stereocenters. The van der Waals surface area contributed by atoms with Crippen molar-refractivity contribution < 1.29 is 9.59 Å². The van der Waals surface area contributed by atoms with Crippen LogP contribution in [0.15, 0.2) is 48.5 Å². The van der Waals surface area contributed by atoms with Gasteiger partial charge in [0.05, 0.1) is 11.3 Å². The van der Waals surface area contributed by atoms with Crippen LogP contribution in [0.5, 0.6) is 0 Å². The molecule has 0 bridgehead atoms. The van der Waals surface area contributed by atoms with E-state index in [9.17, 15) is 9.59 Å². The van der Waals surface area contributed by atoms with E-state index >= 15 is 0 Å². The normalized spacial score (nSPS) is 10.5. The Morgan fingerprint density at radius 1 is 1.00 bits per heavy atom. The quantitative estimate of drug-likeness (QED) is 0.763. The van der Waals surface area contributed by atoms with Crippen molar-refractivity contribution in [2.24, 2.45) is 5.73 Å². The molecule has 5 nitrogen and oxygen atoms in total. The number of hydrogen-bond donors (Lipinski definition) is 3. The third kappa shape index (κ3) is 4.43. The first kappa shape index (κ1) is 17.7. The number of nitrogens with two attached hydrogens (primary N) is 1. The molecule has 0 unspecified atom stereocenters. The van der Waals surface area contributed by atoms with Crippen LogP contribution in [-0.2, 0) is 0 Å². The number of carbonyl (C=O) groups excluding carboxylic acids is 2. The molecular formula is C19H23N3O2. The van der Waals surface area contributed by atoms with Crippen molar-refractivity contribution in [1.29, 1.82) is 0 Å². The monoisotopic (exact) mass is 325 g/mol. The maximum atomic E-state index is 12.4. The predicted molar refractivity (Wildman–Crippen MR) is 96.3 cm³/mol. The molecule has 4 N–H and O–H groups in total. The number of nitrogens with one attached hydrogen (secondary N) is 2. The Morgan fingerprint density at radius 2 is 1.67 bits per heavy atom. The highest BCUT2D eigenvalue weighted by atomic mass is 16.2. The minimum absolute atomic E-state index is 0.246. The van der Waals surface area contributed by atoms with Crippen molar-refractivity contribution in [3.63, 3.8) is 0 Å². The van der Waals surface area contributed by atoms with E-state index in [0.717, 1.165) is 0 Å². The van der Waals surface area contributed by atoms with Crippen molar-refractivity contribution in [2.45, 2.75) is 19.8 Å². The molecule has 0 spiro atoms. The molecule has 2 aromatic carbocycles. The third-order valence-electron chi connectivity index (χ3n) is 3.69. The second-order valence-corrected chi connectivity index (χ2v) is 5.82. The minimum Gasteiger partial charge on any atom is -0.351 e. The molecule has 5 heteroatoms. The van der Waals surface area contributed by atoms with Crippen molar-refractivity contribution in [1.82, 2.24) is 5.32 Å². The lowest BCUT2D eigenvalue weighted by Crippen LogP contribution is -2.30. The number of benzene rings is 2. The molecule has 0 aliphatic carbocycles. The average molecular weight is 325 g/mol. The molecule has 126 valence electrons. The molecule has 0 saturated carbocycles. The lowest BCUT2D eigenvalue weighted by molar-refractivity contribution is 0.0955. The Bertz CT molecular complexity index is 709. The Balaban J connectivity index is 2.15. The average Bonchev–Trinajstić information content (AvgIpc) is 2.60. The molecule has 0 aliphatic heterocycles. The summed E-state index contributed by atoms with van der Waals surface area (Å²) in [6.07, 6.45) is 0. The zero-order valence-corrected chi connectivity index (χ0v) is 14.0. The Kier molecular flexibility index (Phi) is 6.09. The van der Waals surface area contributed by atoms with Crippen LogP contribution in [0.4, 0.5) is 5.69 Å². The molecule has 0 aliphatic rings. The second kappa shape index (κ2) is 8.26. The lowest BCUT2D eigenvalue weighted by Gasteiger charge is -2.12. The number of amides is 2. The molecular weight excluding hydrogens is 302 g/mol. The number of anilines is 1. The third-order valence-corrected chi connectivity index (χ3v) is 3.69. The topological polar surface area (TPSA) is 84.2 Å². The first-order valence-corrected chi connectivity index (χ1v) is 8.01. The van der Waals surface area contributed by atoms with Crippen molar-refractivity contribution in [2.75, 3.05) is 18.4 Å². The molecule has 0 fully saturated rings. The van der Waals surface area contributed by atoms with Crippen LogP contribution in [0.2, 0.25) is 0 Å². The molecule has 2 aromatic rings. The van der Waals surface area contributed by atoms with E-state index in [4.69, 9.17) is 5.73 Å². The van der Waals surface area contributed by atoms with E-state index in [2.05, 4.69) is 24.5 Å². The molecule has 2 rings (SSSR count). The second-order valence-electron chi connectivity index (χ2n) is 5.82. The van der Waals surface area contributed by atoms with Crippen LogP contribution < -0.4 is 16.4 Å². The van der Waals surface area contributed by atoms with Crippen LogP contribution in [0, 0.1) is 0 Å². The summed E-state index contributed by atoms with van der Waals surface area (Å²) in [6.45, 7) is 4.96. The van der Waals surface area contributed by atoms with E-state index in [1.54, 1.807) is 36.4 Å². The van der Waals surface area contributed by atoms with Crippen LogP contribution in [0.25, 0.3) is 0 Å². The van der Waals surface area contributed by atoms with Gasteiger partial charge in [-0.05, 0) is 35.7 Å². The highest BCUT2D eigenvalue weighted by molar-refractivity contribution is 6.09. The largest absolute Gasteiger partial charge is 0.351 e. The predicted octanol–water partition coefficient (Wildman–Crippen LogP) is 2.75. The van der Waals surface area contributed by atoms with Gasteiger partial charge < -0.3 is 16.4 Å². The van der Waals surface area contributed by atoms with Gasteiger partial charge in [-0.3, -0.25) is 9.59 Å². The van der Waals surface area contributed by atoms with Gasteiger partial charge >= 0.3 is 0 Å². The summed E-state index contributed by atoms with van der Waals surface area (Å²) < 4.78 is 0. The van der Waals surface area contributed by atoms with E-state index in [1.807, 2.05) is 12.1 Å². The molecule has 0 heterocycles. The van der Waals surface area contributed by atoms with Crippen LogP contribution >= 0.6 is 0 Å². The first-order chi connectivity index (χ1) is 11.5. The molecule has 0 aromatic heterocycles. The fourth-order valence-electron chi connectivity index (χ4n) is 2.28. The van der Waals surface area contributed by atoms with Gasteiger partial charge in [0.2, 0.25) is 0 Å². The maximum absolute atomic E-state index is 12.4. The van der Waals surface area contributed by atoms with Gasteiger partial charge in [-0.2, -0.15) is 0 Å². The summed E-state index contributed by atoms with van der Waals surface area (Å²) in [5.41, 5.74) is 8.02. The smallest absolute Gasteiger partial charge is 0.255 e. The van der Waals surface area contributed by atoms with Gasteiger partial charge in [-0.25, -0.2) is 0 Å². The number of para-hydroxylation sites is 1. The van der Waals surface area contributed by atoms with Gasteiger partial charge in [0.15, 0.2) is 0 Å². The molecule has 24 heavy (non-hydrogen) atoms. The van der Waals surface area contributed by atoms with E-state index in [-0.39, 0.29) is 11.8 Å². The van der Waals surface area contributed by atoms with Crippen LogP contribution in [0.1, 0.15) is 46.0 Å².